The molecule has 0 spiro atoms. The summed E-state index contributed by atoms with van der Waals surface area (Å²) in [5.74, 6) is 0. The molecule has 1 unspecified atom stereocenters. The van der Waals surface area contributed by atoms with Gasteiger partial charge >= 0.3 is 12.4 Å². The van der Waals surface area contributed by atoms with Gasteiger partial charge in [0, 0.05) is 17.3 Å². The van der Waals surface area contributed by atoms with E-state index in [0.29, 0.717) is 12.1 Å². The Labute approximate surface area is 145 Å². The molecule has 0 radical (unpaired) electrons. The van der Waals surface area contributed by atoms with Crippen molar-refractivity contribution >= 4 is 18.3 Å². The van der Waals surface area contributed by atoms with Crippen LogP contribution >= 0.6 is 11.6 Å². The van der Waals surface area contributed by atoms with Crippen LogP contribution in [0.2, 0.25) is 5.02 Å². The number of oxime groups is 1. The van der Waals surface area contributed by atoms with E-state index in [1.165, 1.54) is 6.92 Å². The SMILES string of the molecule is C=C/C(C)=C(/C)C(ON=C)(c1cc(Cl)cc(C(F)(F)F)c1)C(F)(F)F. The van der Waals surface area contributed by atoms with Gasteiger partial charge in [-0.15, -0.1) is 5.16 Å². The summed E-state index contributed by atoms with van der Waals surface area (Å²) in [6.07, 6.45) is -8.93. The van der Waals surface area contributed by atoms with Crippen LogP contribution in [0.4, 0.5) is 26.3 Å². The molecule has 25 heavy (non-hydrogen) atoms. The maximum Gasteiger partial charge on any atom is 0.439 e. The molecule has 2 nitrogen and oxygen atoms in total. The van der Waals surface area contributed by atoms with Gasteiger partial charge < -0.3 is 4.84 Å². The van der Waals surface area contributed by atoms with Gasteiger partial charge in [-0.2, -0.15) is 26.3 Å². The lowest BCUT2D eigenvalue weighted by Crippen LogP contribution is -2.45. The van der Waals surface area contributed by atoms with Crippen molar-refractivity contribution in [2.45, 2.75) is 31.8 Å². The van der Waals surface area contributed by atoms with Crippen LogP contribution < -0.4 is 0 Å². The van der Waals surface area contributed by atoms with E-state index in [9.17, 15) is 26.3 Å². The van der Waals surface area contributed by atoms with Crippen molar-refractivity contribution in [3.05, 3.63) is 58.1 Å². The van der Waals surface area contributed by atoms with E-state index in [0.717, 1.165) is 19.1 Å². The Morgan fingerprint density at radius 1 is 1.08 bits per heavy atom. The Bertz CT molecular complexity index is 708. The standard InChI is InChI=1S/C16H14ClF6NO/c1-5-9(2)10(3)14(25-24-4,16(21,22)23)11-6-12(15(18,19)20)8-13(17)7-11/h5-8H,1,4H2,2-3H3/b10-9-. The van der Waals surface area contributed by atoms with Crippen LogP contribution in [0.25, 0.3) is 0 Å². The molecule has 0 heterocycles. The van der Waals surface area contributed by atoms with Gasteiger partial charge in [-0.05, 0) is 43.2 Å². The van der Waals surface area contributed by atoms with Crippen LogP contribution in [0.15, 0.2) is 47.2 Å². The monoisotopic (exact) mass is 385 g/mol. The molecule has 9 heteroatoms. The first-order chi connectivity index (χ1) is 11.3. The Hall–Kier alpha value is -1.96. The van der Waals surface area contributed by atoms with Crippen molar-refractivity contribution in [2.24, 2.45) is 5.16 Å². The summed E-state index contributed by atoms with van der Waals surface area (Å²) in [4.78, 5) is 4.54. The van der Waals surface area contributed by atoms with Gasteiger partial charge in [0.15, 0.2) is 0 Å². The van der Waals surface area contributed by atoms with E-state index in [4.69, 9.17) is 11.6 Å². The largest absolute Gasteiger partial charge is 0.439 e. The first-order valence-corrected chi connectivity index (χ1v) is 7.08. The summed E-state index contributed by atoms with van der Waals surface area (Å²) >= 11 is 5.63. The molecule has 0 aliphatic rings. The van der Waals surface area contributed by atoms with Crippen molar-refractivity contribution < 1.29 is 31.2 Å². The predicted molar refractivity (Wildman–Crippen MR) is 83.4 cm³/mol. The number of hydrogen-bond acceptors (Lipinski definition) is 2. The number of alkyl halides is 6. The zero-order valence-corrected chi connectivity index (χ0v) is 14.0. The highest BCUT2D eigenvalue weighted by molar-refractivity contribution is 6.30. The topological polar surface area (TPSA) is 21.6 Å². The molecule has 138 valence electrons. The third-order valence-electron chi connectivity index (χ3n) is 3.66. The second kappa shape index (κ2) is 7.11. The fourth-order valence-corrected chi connectivity index (χ4v) is 2.48. The van der Waals surface area contributed by atoms with Crippen molar-refractivity contribution in [2.75, 3.05) is 0 Å². The minimum absolute atomic E-state index is 0.0505. The summed E-state index contributed by atoms with van der Waals surface area (Å²) in [5, 5.41) is 2.32. The third kappa shape index (κ3) is 4.00. The number of halogens is 7. The van der Waals surface area contributed by atoms with E-state index < -0.39 is 39.7 Å². The number of benzene rings is 1. The fourth-order valence-electron chi connectivity index (χ4n) is 2.25. The molecular weight excluding hydrogens is 372 g/mol. The predicted octanol–water partition coefficient (Wildman–Crippen LogP) is 6.27. The highest BCUT2D eigenvalue weighted by Gasteiger charge is 2.61. The molecule has 1 rings (SSSR count). The summed E-state index contributed by atoms with van der Waals surface area (Å²) in [7, 11) is 0. The Balaban J connectivity index is 3.96. The second-order valence-electron chi connectivity index (χ2n) is 5.14. The second-order valence-corrected chi connectivity index (χ2v) is 5.57. The van der Waals surface area contributed by atoms with E-state index in [-0.39, 0.29) is 5.57 Å². The zero-order chi connectivity index (χ0) is 19.6. The summed E-state index contributed by atoms with van der Waals surface area (Å²) in [5.41, 5.74) is -5.91. The average molecular weight is 386 g/mol. The Kier molecular flexibility index (Phi) is 6.00. The Morgan fingerprint density at radius 3 is 2.00 bits per heavy atom. The van der Waals surface area contributed by atoms with Crippen LogP contribution in [0.3, 0.4) is 0 Å². The number of hydrogen-bond donors (Lipinski definition) is 0. The molecule has 1 aromatic rings. The minimum Gasteiger partial charge on any atom is -0.371 e. The molecule has 0 amide bonds. The van der Waals surface area contributed by atoms with Crippen LogP contribution in [0.1, 0.15) is 25.0 Å². The lowest BCUT2D eigenvalue weighted by atomic mass is 9.82. The van der Waals surface area contributed by atoms with Gasteiger partial charge in [0.2, 0.25) is 0 Å². The molecule has 0 N–H and O–H groups in total. The lowest BCUT2D eigenvalue weighted by Gasteiger charge is -2.35. The molecule has 0 saturated heterocycles. The number of allylic oxidation sites excluding steroid dienone is 2. The molecule has 1 atom stereocenters. The molecule has 0 saturated carbocycles. The van der Waals surface area contributed by atoms with E-state index in [1.807, 2.05) is 0 Å². The highest BCUT2D eigenvalue weighted by atomic mass is 35.5. The summed E-state index contributed by atoms with van der Waals surface area (Å²) < 4.78 is 80.8. The molecule has 0 fully saturated rings. The Morgan fingerprint density at radius 2 is 1.60 bits per heavy atom. The third-order valence-corrected chi connectivity index (χ3v) is 3.88. The van der Waals surface area contributed by atoms with Gasteiger partial charge in [0.1, 0.15) is 0 Å². The van der Waals surface area contributed by atoms with Gasteiger partial charge in [0.25, 0.3) is 5.60 Å². The molecule has 1 aromatic carbocycles. The van der Waals surface area contributed by atoms with E-state index >= 15 is 0 Å². The molecular formula is C16H14ClF6NO. The average Bonchev–Trinajstić information content (AvgIpc) is 2.48. The van der Waals surface area contributed by atoms with Crippen molar-refractivity contribution in [1.82, 2.24) is 0 Å². The van der Waals surface area contributed by atoms with Gasteiger partial charge in [-0.1, -0.05) is 24.3 Å². The number of nitrogens with zero attached hydrogens (tertiary/aromatic N) is 1. The van der Waals surface area contributed by atoms with Crippen molar-refractivity contribution in [3.8, 4) is 0 Å². The van der Waals surface area contributed by atoms with E-state index in [1.54, 1.807) is 0 Å². The van der Waals surface area contributed by atoms with Gasteiger partial charge in [-0.3, -0.25) is 0 Å². The molecule has 0 aliphatic carbocycles. The zero-order valence-electron chi connectivity index (χ0n) is 13.2. The molecule has 0 aliphatic heterocycles. The summed E-state index contributed by atoms with van der Waals surface area (Å²) in [6.45, 7) is 8.61. The van der Waals surface area contributed by atoms with E-state index in [2.05, 4.69) is 23.3 Å². The maximum atomic E-state index is 13.9. The fraction of sp³-hybridized carbons (Fsp3) is 0.312. The number of rotatable bonds is 5. The first-order valence-electron chi connectivity index (χ1n) is 6.70. The highest BCUT2D eigenvalue weighted by Crippen LogP contribution is 2.50. The van der Waals surface area contributed by atoms with Gasteiger partial charge in [0.05, 0.1) is 5.56 Å². The normalized spacial score (nSPS) is 15.9. The van der Waals surface area contributed by atoms with Crippen molar-refractivity contribution in [3.63, 3.8) is 0 Å². The van der Waals surface area contributed by atoms with Crippen LogP contribution in [-0.4, -0.2) is 12.9 Å². The smallest absolute Gasteiger partial charge is 0.371 e. The van der Waals surface area contributed by atoms with Crippen LogP contribution in [0.5, 0.6) is 0 Å². The summed E-state index contributed by atoms with van der Waals surface area (Å²) in [6, 6.07) is 1.59. The minimum atomic E-state index is -5.16. The lowest BCUT2D eigenvalue weighted by molar-refractivity contribution is -0.269. The maximum absolute atomic E-state index is 13.9. The molecule has 0 bridgehead atoms. The molecule has 0 aromatic heterocycles. The van der Waals surface area contributed by atoms with Gasteiger partial charge in [-0.25, -0.2) is 0 Å². The van der Waals surface area contributed by atoms with Crippen molar-refractivity contribution in [1.29, 1.82) is 0 Å². The quantitative estimate of drug-likeness (QED) is 0.253. The van der Waals surface area contributed by atoms with Crippen LogP contribution in [-0.2, 0) is 16.6 Å². The first kappa shape index (κ1) is 21.1. The van der Waals surface area contributed by atoms with Crippen LogP contribution in [0, 0.1) is 0 Å².